The zero-order valence-electron chi connectivity index (χ0n) is 11.1. The molecule has 0 bridgehead atoms. The second kappa shape index (κ2) is 5.08. The average molecular weight is 276 g/mol. The van der Waals surface area contributed by atoms with Crippen molar-refractivity contribution in [1.82, 2.24) is 9.78 Å². The Morgan fingerprint density at radius 2 is 2.20 bits per heavy atom. The van der Waals surface area contributed by atoms with Crippen LogP contribution in [0.4, 0.5) is 5.69 Å². The second-order valence-corrected chi connectivity index (χ2v) is 4.35. The molecule has 0 spiro atoms. The summed E-state index contributed by atoms with van der Waals surface area (Å²) in [5, 5.41) is 14.8. The summed E-state index contributed by atoms with van der Waals surface area (Å²) in [6.45, 7) is 3.44. The number of ketones is 1. The highest BCUT2D eigenvalue weighted by Gasteiger charge is 2.21. The molecule has 1 aromatic heterocycles. The molecule has 0 radical (unpaired) electrons. The molecule has 2 rings (SSSR count). The summed E-state index contributed by atoms with van der Waals surface area (Å²) < 4.78 is 2.84. The first kappa shape index (κ1) is 13.7. The molecule has 0 aliphatic carbocycles. The molecule has 2 aromatic rings. The van der Waals surface area contributed by atoms with Crippen molar-refractivity contribution in [2.75, 3.05) is 5.84 Å². The van der Waals surface area contributed by atoms with Crippen molar-refractivity contribution < 1.29 is 14.4 Å². The number of hydrogen-bond donors (Lipinski definition) is 1. The Morgan fingerprint density at radius 1 is 1.50 bits per heavy atom. The van der Waals surface area contributed by atoms with E-state index in [0.29, 0.717) is 11.6 Å². The number of nitrogens with two attached hydrogens (primary N) is 1. The number of aromatic nitrogens is 3. The molecule has 0 aliphatic heterocycles. The van der Waals surface area contributed by atoms with Gasteiger partial charge in [-0.3, -0.25) is 20.8 Å². The normalized spacial score (nSPS) is 10.5. The van der Waals surface area contributed by atoms with Gasteiger partial charge in [-0.2, -0.15) is 0 Å². The van der Waals surface area contributed by atoms with E-state index in [2.05, 4.69) is 5.10 Å². The molecule has 0 atom stereocenters. The van der Waals surface area contributed by atoms with Gasteiger partial charge in [0.05, 0.1) is 4.92 Å². The van der Waals surface area contributed by atoms with E-state index in [1.165, 1.54) is 33.6 Å². The first-order valence-electron chi connectivity index (χ1n) is 5.89. The van der Waals surface area contributed by atoms with Gasteiger partial charge in [0.15, 0.2) is 6.54 Å². The van der Waals surface area contributed by atoms with Crippen LogP contribution in [0.15, 0.2) is 24.3 Å². The first-order valence-corrected chi connectivity index (χ1v) is 5.89. The topological polar surface area (TPSA) is 108 Å². The number of nitrogens with zero attached hydrogens (tertiary/aromatic N) is 4. The van der Waals surface area contributed by atoms with Crippen molar-refractivity contribution >= 4 is 11.5 Å². The van der Waals surface area contributed by atoms with E-state index in [4.69, 9.17) is 5.84 Å². The van der Waals surface area contributed by atoms with Crippen molar-refractivity contribution in [3.05, 3.63) is 51.6 Å². The third-order valence-electron chi connectivity index (χ3n) is 3.01. The molecule has 1 aromatic carbocycles. The second-order valence-electron chi connectivity index (χ2n) is 4.35. The van der Waals surface area contributed by atoms with Gasteiger partial charge in [-0.15, -0.1) is 9.36 Å². The Balaban J connectivity index is 2.26. The Morgan fingerprint density at radius 3 is 2.75 bits per heavy atom. The molecule has 2 N–H and O–H groups in total. The van der Waals surface area contributed by atoms with E-state index in [9.17, 15) is 14.9 Å². The summed E-state index contributed by atoms with van der Waals surface area (Å²) in [5.41, 5.74) is 0.161. The molecule has 0 saturated heterocycles. The van der Waals surface area contributed by atoms with Crippen molar-refractivity contribution in [3.63, 3.8) is 0 Å². The van der Waals surface area contributed by atoms with Crippen LogP contribution >= 0.6 is 0 Å². The molecule has 8 nitrogen and oxygen atoms in total. The first-order chi connectivity index (χ1) is 9.40. The fraction of sp³-hybridized carbons (Fsp3) is 0.250. The fourth-order valence-electron chi connectivity index (χ4n) is 1.82. The third kappa shape index (κ3) is 2.48. The van der Waals surface area contributed by atoms with Gasteiger partial charge in [0.25, 0.3) is 17.3 Å². The summed E-state index contributed by atoms with van der Waals surface area (Å²) in [6.07, 6.45) is 0. The van der Waals surface area contributed by atoms with Gasteiger partial charge in [-0.25, -0.2) is 0 Å². The summed E-state index contributed by atoms with van der Waals surface area (Å²) in [7, 11) is 0. The van der Waals surface area contributed by atoms with Crippen LogP contribution in [0.3, 0.4) is 0 Å². The molecule has 0 fully saturated rings. The Bertz CT molecular complexity index is 692. The van der Waals surface area contributed by atoms with E-state index in [1.807, 2.05) is 0 Å². The van der Waals surface area contributed by atoms with Crippen LogP contribution < -0.4 is 10.5 Å². The number of nitro groups is 1. The fourth-order valence-corrected chi connectivity index (χ4v) is 1.82. The van der Waals surface area contributed by atoms with Gasteiger partial charge in [-0.05, 0) is 0 Å². The number of aryl methyl sites for hydroxylation is 1. The number of carbonyl (C=O) groups is 1. The third-order valence-corrected chi connectivity index (χ3v) is 3.01. The lowest BCUT2D eigenvalue weighted by Gasteiger charge is -1.98. The maximum absolute atomic E-state index is 12.1. The quantitative estimate of drug-likeness (QED) is 0.284. The lowest BCUT2D eigenvalue weighted by atomic mass is 10.1. The van der Waals surface area contributed by atoms with Crippen LogP contribution in [-0.2, 0) is 6.54 Å². The number of nitro benzene ring substituents is 1. The van der Waals surface area contributed by atoms with Gasteiger partial charge in [-0.1, -0.05) is 12.1 Å². The molecular formula is C12H14N5O3+. The summed E-state index contributed by atoms with van der Waals surface area (Å²) in [6, 6.07) is 5.62. The summed E-state index contributed by atoms with van der Waals surface area (Å²) >= 11 is 0. The molecular weight excluding hydrogens is 262 g/mol. The maximum Gasteiger partial charge on any atom is 0.295 e. The number of hydrogen-bond acceptors (Lipinski definition) is 5. The van der Waals surface area contributed by atoms with Gasteiger partial charge < -0.3 is 0 Å². The molecule has 1 heterocycles. The van der Waals surface area contributed by atoms with Crippen molar-refractivity contribution in [2.24, 2.45) is 0 Å². The minimum atomic E-state index is -0.534. The predicted octanol–water partition coefficient (Wildman–Crippen LogP) is 0.292. The number of nitrogen functional groups attached to an aromatic ring is 1. The zero-order valence-corrected chi connectivity index (χ0v) is 11.1. The Kier molecular flexibility index (Phi) is 3.47. The molecule has 0 aliphatic rings. The molecule has 8 heteroatoms. The van der Waals surface area contributed by atoms with Crippen molar-refractivity contribution in [3.8, 4) is 0 Å². The monoisotopic (exact) mass is 276 g/mol. The molecule has 20 heavy (non-hydrogen) atoms. The smallest absolute Gasteiger partial charge is 0.290 e. The Hall–Kier alpha value is -2.77. The molecule has 104 valence electrons. The minimum absolute atomic E-state index is 0.0158. The summed E-state index contributed by atoms with van der Waals surface area (Å²) in [4.78, 5) is 22.3. The lowest BCUT2D eigenvalue weighted by Crippen LogP contribution is -2.48. The van der Waals surface area contributed by atoms with Crippen molar-refractivity contribution in [1.29, 1.82) is 0 Å². The SMILES string of the molecule is Cc1nn(CC(=O)c2cccc([N+](=O)[O-])c2)c(C)[n+]1N. The van der Waals surface area contributed by atoms with E-state index >= 15 is 0 Å². The average Bonchev–Trinajstić information content (AvgIpc) is 2.66. The van der Waals surface area contributed by atoms with Gasteiger partial charge in [0.2, 0.25) is 5.78 Å². The standard InChI is InChI=1S/C12H14N5O3/c1-8-14-15(9(2)16(8)13)7-12(18)10-4-3-5-11(6-10)17(19)20/h3-6H,7,13H2,1-2H3/q+1. The maximum atomic E-state index is 12.1. The highest BCUT2D eigenvalue weighted by Crippen LogP contribution is 2.14. The zero-order chi connectivity index (χ0) is 14.9. The van der Waals surface area contributed by atoms with E-state index in [-0.39, 0.29) is 23.6 Å². The van der Waals surface area contributed by atoms with E-state index < -0.39 is 4.92 Å². The van der Waals surface area contributed by atoms with Gasteiger partial charge in [0, 0.05) is 36.6 Å². The number of benzene rings is 1. The number of Topliss-reactive ketones (excluding diaryl/α,β-unsaturated/α-hetero) is 1. The minimum Gasteiger partial charge on any atom is -0.290 e. The van der Waals surface area contributed by atoms with Crippen molar-refractivity contribution in [2.45, 2.75) is 20.4 Å². The number of carbonyl (C=O) groups excluding carboxylic acids is 1. The van der Waals surface area contributed by atoms with Crippen LogP contribution in [0.1, 0.15) is 22.0 Å². The van der Waals surface area contributed by atoms with Crippen LogP contribution in [-0.4, -0.2) is 20.5 Å². The molecule has 0 saturated carbocycles. The number of rotatable bonds is 4. The summed E-state index contributed by atoms with van der Waals surface area (Å²) in [5.74, 6) is 6.65. The van der Waals surface area contributed by atoms with Crippen LogP contribution in [0.2, 0.25) is 0 Å². The van der Waals surface area contributed by atoms with Crippen LogP contribution in [0, 0.1) is 24.0 Å². The van der Waals surface area contributed by atoms with Crippen LogP contribution in [0.25, 0.3) is 0 Å². The highest BCUT2D eigenvalue weighted by atomic mass is 16.6. The van der Waals surface area contributed by atoms with Crippen LogP contribution in [0.5, 0.6) is 0 Å². The van der Waals surface area contributed by atoms with E-state index in [1.54, 1.807) is 13.8 Å². The molecule has 0 unspecified atom stereocenters. The predicted molar refractivity (Wildman–Crippen MR) is 69.5 cm³/mol. The van der Waals surface area contributed by atoms with Gasteiger partial charge >= 0.3 is 0 Å². The van der Waals surface area contributed by atoms with E-state index in [0.717, 1.165) is 0 Å². The molecule has 0 amide bonds. The number of non-ortho nitro benzene ring substituents is 1. The largest absolute Gasteiger partial charge is 0.295 e. The lowest BCUT2D eigenvalue weighted by molar-refractivity contribution is -0.652. The Labute approximate surface area is 114 Å². The highest BCUT2D eigenvalue weighted by molar-refractivity contribution is 5.96. The van der Waals surface area contributed by atoms with Gasteiger partial charge in [0.1, 0.15) is 0 Å².